The maximum absolute atomic E-state index is 12.3. The van der Waals surface area contributed by atoms with Crippen molar-refractivity contribution in [1.29, 1.82) is 0 Å². The number of esters is 1. The van der Waals surface area contributed by atoms with Crippen LogP contribution in [0.5, 0.6) is 0 Å². The van der Waals surface area contributed by atoms with E-state index in [9.17, 15) is 19.2 Å². The molecule has 6 heterocycles. The topological polar surface area (TPSA) is 185 Å². The van der Waals surface area contributed by atoms with Gasteiger partial charge < -0.3 is 40.9 Å². The summed E-state index contributed by atoms with van der Waals surface area (Å²) in [5.41, 5.74) is 4.70. The molecule has 4 aliphatic rings. The van der Waals surface area contributed by atoms with Gasteiger partial charge in [-0.15, -0.1) is 0 Å². The van der Waals surface area contributed by atoms with Crippen molar-refractivity contribution in [2.24, 2.45) is 0 Å². The number of aromatic nitrogens is 2. The Morgan fingerprint density at radius 3 is 1.61 bits per heavy atom. The third-order valence-electron chi connectivity index (χ3n) is 10.0. The first-order valence-electron chi connectivity index (χ1n) is 19.6. The second kappa shape index (κ2) is 21.3. The van der Waals surface area contributed by atoms with Crippen LogP contribution in [0.1, 0.15) is 55.1 Å². The van der Waals surface area contributed by atoms with Gasteiger partial charge in [-0.3, -0.25) is 19.4 Å². The molecule has 5 N–H and O–H groups in total. The van der Waals surface area contributed by atoms with Crippen molar-refractivity contribution in [1.82, 2.24) is 40.2 Å². The predicted octanol–water partition coefficient (Wildman–Crippen LogP) is 2.05. The quantitative estimate of drug-likeness (QED) is 0.149. The Labute approximate surface area is 318 Å². The first-order valence-corrected chi connectivity index (χ1v) is 19.6. The van der Waals surface area contributed by atoms with Gasteiger partial charge in [0, 0.05) is 89.9 Å². The minimum absolute atomic E-state index is 0.0316. The molecular weight excluding hydrogens is 692 g/mol. The minimum atomic E-state index is -0.825. The first-order chi connectivity index (χ1) is 26.3. The molecule has 54 heavy (non-hydrogen) atoms. The molecule has 296 valence electrons. The van der Waals surface area contributed by atoms with Crippen LogP contribution in [0, 0.1) is 0 Å². The third-order valence-corrected chi connectivity index (χ3v) is 10.0. The molecule has 2 aromatic heterocycles. The number of hydrogen-bond acceptors (Lipinski definition) is 11. The van der Waals surface area contributed by atoms with Crippen molar-refractivity contribution in [3.8, 4) is 0 Å². The number of nitrogens with zero attached hydrogens (tertiary/aromatic N) is 6. The van der Waals surface area contributed by atoms with Gasteiger partial charge in [-0.1, -0.05) is 12.1 Å². The Balaban J connectivity index is 0.000000208. The molecule has 0 unspecified atom stereocenters. The Hall–Kier alpha value is -4.70. The van der Waals surface area contributed by atoms with Crippen LogP contribution in [0.2, 0.25) is 0 Å². The van der Waals surface area contributed by atoms with Crippen molar-refractivity contribution in [3.63, 3.8) is 0 Å². The standard InChI is InChI=1S/C20H31N5O3.C18H27N5O3/c1-2-28-18(26)15-24-11-13-25(14-12-24)20(27)22-10-4-6-17-8-7-16-5-3-9-21-19(16)23-17;24-16(25)13-22-9-11-23(12-10-22)18(26)20-8-2-4-15-6-5-14-3-1-7-19-17(14)21-15/h7-8H,2-6,9-15H2,1H3,(H,21,23)(H,22,27);5-6H,1-4,7-13H2,(H,19,21)(H,20,26)(H,24,25). The summed E-state index contributed by atoms with van der Waals surface area (Å²) < 4.78 is 4.97. The molecule has 0 aliphatic carbocycles. The van der Waals surface area contributed by atoms with E-state index in [1.165, 1.54) is 11.1 Å². The second-order valence-corrected chi connectivity index (χ2v) is 14.1. The molecule has 16 heteroatoms. The van der Waals surface area contributed by atoms with Gasteiger partial charge in [0.1, 0.15) is 11.6 Å². The number of carbonyl (C=O) groups excluding carboxylic acids is 3. The molecule has 2 fully saturated rings. The molecular formula is C38H58N10O6. The molecule has 0 aromatic carbocycles. The van der Waals surface area contributed by atoms with Crippen LogP contribution in [-0.4, -0.2) is 157 Å². The maximum atomic E-state index is 12.3. The number of carboxylic acids is 1. The third kappa shape index (κ3) is 13.0. The molecule has 2 aromatic rings. The molecule has 0 atom stereocenters. The van der Waals surface area contributed by atoms with Crippen molar-refractivity contribution in [2.75, 3.05) is 109 Å². The number of carbonyl (C=O) groups is 4. The van der Waals surface area contributed by atoms with Gasteiger partial charge in [0.25, 0.3) is 0 Å². The molecule has 0 spiro atoms. The van der Waals surface area contributed by atoms with Crippen LogP contribution < -0.4 is 21.3 Å². The van der Waals surface area contributed by atoms with E-state index in [2.05, 4.69) is 55.5 Å². The monoisotopic (exact) mass is 750 g/mol. The Morgan fingerprint density at radius 1 is 0.704 bits per heavy atom. The van der Waals surface area contributed by atoms with E-state index in [1.54, 1.807) is 11.8 Å². The van der Waals surface area contributed by atoms with Crippen molar-refractivity contribution >= 4 is 35.6 Å². The molecule has 4 amide bonds. The minimum Gasteiger partial charge on any atom is -0.480 e. The number of piperazine rings is 2. The Bertz CT molecular complexity index is 1540. The number of nitrogens with one attached hydrogen (secondary N) is 4. The smallest absolute Gasteiger partial charge is 0.320 e. The lowest BCUT2D eigenvalue weighted by atomic mass is 10.1. The van der Waals surface area contributed by atoms with Gasteiger partial charge in [0.15, 0.2) is 0 Å². The van der Waals surface area contributed by atoms with E-state index in [4.69, 9.17) is 9.84 Å². The van der Waals surface area contributed by atoms with Gasteiger partial charge in [-0.2, -0.15) is 0 Å². The molecule has 0 radical (unpaired) electrons. The number of anilines is 2. The summed E-state index contributed by atoms with van der Waals surface area (Å²) in [6.07, 6.45) is 7.90. The average molecular weight is 751 g/mol. The Morgan fingerprint density at radius 2 is 1.17 bits per heavy atom. The number of pyridine rings is 2. The number of hydrogen-bond donors (Lipinski definition) is 5. The second-order valence-electron chi connectivity index (χ2n) is 14.1. The summed E-state index contributed by atoms with van der Waals surface area (Å²) in [6.45, 7) is 10.7. The average Bonchev–Trinajstić information content (AvgIpc) is 3.18. The highest BCUT2D eigenvalue weighted by atomic mass is 16.5. The number of aryl methyl sites for hydroxylation is 4. The van der Waals surface area contributed by atoms with Crippen LogP contribution in [0.3, 0.4) is 0 Å². The van der Waals surface area contributed by atoms with Crippen LogP contribution in [-0.2, 0) is 40.0 Å². The van der Waals surface area contributed by atoms with Crippen LogP contribution in [0.25, 0.3) is 0 Å². The zero-order valence-corrected chi connectivity index (χ0v) is 31.7. The fraction of sp³-hybridized carbons (Fsp3) is 0.632. The summed E-state index contributed by atoms with van der Waals surface area (Å²) in [5, 5.41) is 21.4. The number of urea groups is 2. The van der Waals surface area contributed by atoms with Gasteiger partial charge in [0.2, 0.25) is 0 Å². The summed E-state index contributed by atoms with van der Waals surface area (Å²) in [6, 6.07) is 8.39. The fourth-order valence-electron chi connectivity index (χ4n) is 6.97. The SMILES string of the molecule is CCOC(=O)CN1CCN(C(=O)NCCCc2ccc3c(n2)NCCC3)CC1.O=C(O)CN1CCN(C(=O)NCCCc2ccc3c(n2)NCCC3)CC1. The number of fused-ring (bicyclic) bond motifs is 2. The number of amides is 4. The van der Waals surface area contributed by atoms with E-state index in [0.29, 0.717) is 78.6 Å². The number of ether oxygens (including phenoxy) is 1. The highest BCUT2D eigenvalue weighted by Crippen LogP contribution is 2.21. The van der Waals surface area contributed by atoms with E-state index >= 15 is 0 Å². The summed E-state index contributed by atoms with van der Waals surface area (Å²) in [7, 11) is 0. The van der Waals surface area contributed by atoms with E-state index < -0.39 is 5.97 Å². The molecule has 4 aliphatic heterocycles. The number of carboxylic acid groups (broad SMARTS) is 1. The highest BCUT2D eigenvalue weighted by Gasteiger charge is 2.23. The Kier molecular flexibility index (Phi) is 15.9. The predicted molar refractivity (Wildman–Crippen MR) is 206 cm³/mol. The molecule has 6 rings (SSSR count). The van der Waals surface area contributed by atoms with E-state index in [-0.39, 0.29) is 24.6 Å². The van der Waals surface area contributed by atoms with Crippen LogP contribution in [0.15, 0.2) is 24.3 Å². The largest absolute Gasteiger partial charge is 0.480 e. The van der Waals surface area contributed by atoms with Gasteiger partial charge >= 0.3 is 24.0 Å². The number of rotatable bonds is 13. The molecule has 0 saturated carbocycles. The van der Waals surface area contributed by atoms with Gasteiger partial charge in [-0.05, 0) is 81.5 Å². The van der Waals surface area contributed by atoms with Crippen LogP contribution >= 0.6 is 0 Å². The fourth-order valence-corrected chi connectivity index (χ4v) is 6.97. The number of aliphatic carboxylic acids is 1. The van der Waals surface area contributed by atoms with Crippen molar-refractivity contribution in [2.45, 2.75) is 58.3 Å². The maximum Gasteiger partial charge on any atom is 0.320 e. The summed E-state index contributed by atoms with van der Waals surface area (Å²) >= 11 is 0. The highest BCUT2D eigenvalue weighted by molar-refractivity contribution is 5.75. The first kappa shape index (κ1) is 40.5. The molecule has 0 bridgehead atoms. The van der Waals surface area contributed by atoms with E-state index in [0.717, 1.165) is 87.5 Å². The van der Waals surface area contributed by atoms with Crippen molar-refractivity contribution < 1.29 is 29.0 Å². The molecule has 2 saturated heterocycles. The molecule has 16 nitrogen and oxygen atoms in total. The van der Waals surface area contributed by atoms with Crippen LogP contribution in [0.4, 0.5) is 21.2 Å². The van der Waals surface area contributed by atoms with Crippen molar-refractivity contribution in [3.05, 3.63) is 46.8 Å². The summed E-state index contributed by atoms with van der Waals surface area (Å²) in [4.78, 5) is 63.5. The van der Waals surface area contributed by atoms with Gasteiger partial charge in [0.05, 0.1) is 19.7 Å². The zero-order valence-electron chi connectivity index (χ0n) is 31.7. The normalized spacial score (nSPS) is 17.1. The lowest BCUT2D eigenvalue weighted by molar-refractivity contribution is -0.144. The summed E-state index contributed by atoms with van der Waals surface area (Å²) in [5.74, 6) is 1.01. The zero-order chi connectivity index (χ0) is 38.1. The lowest BCUT2D eigenvalue weighted by Gasteiger charge is -2.34. The lowest BCUT2D eigenvalue weighted by Crippen LogP contribution is -2.52. The van der Waals surface area contributed by atoms with Gasteiger partial charge in [-0.25, -0.2) is 19.6 Å². The van der Waals surface area contributed by atoms with E-state index in [1.807, 2.05) is 14.7 Å².